The highest BCUT2D eigenvalue weighted by atomic mass is 16.5. The molecule has 0 saturated carbocycles. The molecule has 0 spiro atoms. The van der Waals surface area contributed by atoms with Gasteiger partial charge in [-0.05, 0) is 18.4 Å². The molecule has 1 rings (SSSR count). The fourth-order valence-electron chi connectivity index (χ4n) is 2.25. The smallest absolute Gasteiger partial charge is 0.225 e. The molecule has 0 aromatic heterocycles. The van der Waals surface area contributed by atoms with Crippen LogP contribution in [0.4, 0.5) is 0 Å². The molecular weight excluding hydrogens is 252 g/mol. The van der Waals surface area contributed by atoms with Crippen LogP contribution < -0.4 is 5.73 Å². The molecule has 0 radical (unpaired) electrons. The molecule has 0 aliphatic carbocycles. The van der Waals surface area contributed by atoms with E-state index in [9.17, 15) is 4.79 Å². The lowest BCUT2D eigenvalue weighted by Gasteiger charge is -2.28. The van der Waals surface area contributed by atoms with Gasteiger partial charge in [0.2, 0.25) is 5.91 Å². The van der Waals surface area contributed by atoms with E-state index in [1.54, 1.807) is 7.11 Å². The summed E-state index contributed by atoms with van der Waals surface area (Å²) < 4.78 is 5.18. The van der Waals surface area contributed by atoms with E-state index in [1.165, 1.54) is 5.56 Å². The zero-order valence-electron chi connectivity index (χ0n) is 12.7. The number of hydrogen-bond acceptors (Lipinski definition) is 3. The maximum absolute atomic E-state index is 12.3. The van der Waals surface area contributed by atoms with Crippen molar-refractivity contribution in [1.82, 2.24) is 4.90 Å². The number of methoxy groups -OCH3 is 1. The minimum Gasteiger partial charge on any atom is -0.380 e. The lowest BCUT2D eigenvalue weighted by molar-refractivity contribution is -0.134. The van der Waals surface area contributed by atoms with E-state index in [0.29, 0.717) is 13.0 Å². The Morgan fingerprint density at radius 3 is 2.50 bits per heavy atom. The monoisotopic (exact) mass is 278 g/mol. The number of amides is 1. The first-order valence-corrected chi connectivity index (χ1v) is 7.14. The highest BCUT2D eigenvalue weighted by Gasteiger charge is 2.21. The first-order chi connectivity index (χ1) is 9.62. The summed E-state index contributed by atoms with van der Waals surface area (Å²) in [7, 11) is 3.45. The van der Waals surface area contributed by atoms with Gasteiger partial charge in [0.05, 0.1) is 12.5 Å². The van der Waals surface area contributed by atoms with E-state index >= 15 is 0 Å². The highest BCUT2D eigenvalue weighted by Crippen LogP contribution is 2.13. The minimum atomic E-state index is -0.195. The van der Waals surface area contributed by atoms with Crippen molar-refractivity contribution in [3.05, 3.63) is 35.9 Å². The molecule has 4 heteroatoms. The molecule has 0 fully saturated rings. The van der Waals surface area contributed by atoms with Gasteiger partial charge in [0.1, 0.15) is 0 Å². The summed E-state index contributed by atoms with van der Waals surface area (Å²) in [6, 6.07) is 10.5. The van der Waals surface area contributed by atoms with Gasteiger partial charge in [-0.3, -0.25) is 4.79 Å². The average Bonchev–Trinajstić information content (AvgIpc) is 2.50. The summed E-state index contributed by atoms with van der Waals surface area (Å²) >= 11 is 0. The van der Waals surface area contributed by atoms with Crippen LogP contribution in [0.25, 0.3) is 0 Å². The first-order valence-electron chi connectivity index (χ1n) is 7.14. The molecule has 0 heterocycles. The van der Waals surface area contributed by atoms with Gasteiger partial charge < -0.3 is 15.4 Å². The van der Waals surface area contributed by atoms with E-state index in [4.69, 9.17) is 10.5 Å². The Labute approximate surface area is 121 Å². The Hall–Kier alpha value is -1.39. The molecule has 4 nitrogen and oxygen atoms in total. The van der Waals surface area contributed by atoms with Crippen LogP contribution in [0.2, 0.25) is 0 Å². The largest absolute Gasteiger partial charge is 0.380 e. The maximum atomic E-state index is 12.3. The Morgan fingerprint density at radius 1 is 1.35 bits per heavy atom. The van der Waals surface area contributed by atoms with Crippen molar-refractivity contribution in [1.29, 1.82) is 0 Å². The summed E-state index contributed by atoms with van der Waals surface area (Å²) in [5.74, 6) is 0.0880. The standard InChI is InChI=1S/C16H26N2O2/c1-4-14(10-13-8-6-5-7-9-13)18(2)16(19)11-15(12-17)20-3/h5-9,14-15H,4,10-12,17H2,1-3H3. The van der Waals surface area contributed by atoms with Crippen molar-refractivity contribution >= 4 is 5.91 Å². The van der Waals surface area contributed by atoms with Crippen LogP contribution >= 0.6 is 0 Å². The predicted octanol–water partition coefficient (Wildman–Crippen LogP) is 1.83. The van der Waals surface area contributed by atoms with Gasteiger partial charge in [-0.2, -0.15) is 0 Å². The van der Waals surface area contributed by atoms with Crippen LogP contribution in [-0.2, 0) is 16.0 Å². The highest BCUT2D eigenvalue weighted by molar-refractivity contribution is 5.76. The van der Waals surface area contributed by atoms with Crippen molar-refractivity contribution in [2.75, 3.05) is 20.7 Å². The number of carbonyl (C=O) groups excluding carboxylic acids is 1. The lowest BCUT2D eigenvalue weighted by atomic mass is 10.0. The molecule has 112 valence electrons. The Bertz CT molecular complexity index is 391. The van der Waals surface area contributed by atoms with E-state index in [2.05, 4.69) is 19.1 Å². The molecule has 1 amide bonds. The number of hydrogen-bond donors (Lipinski definition) is 1. The van der Waals surface area contributed by atoms with Crippen molar-refractivity contribution in [2.24, 2.45) is 5.73 Å². The lowest BCUT2D eigenvalue weighted by Crippen LogP contribution is -2.40. The summed E-state index contributed by atoms with van der Waals surface area (Å²) in [5.41, 5.74) is 6.82. The average molecular weight is 278 g/mol. The summed E-state index contributed by atoms with van der Waals surface area (Å²) in [5, 5.41) is 0. The number of benzene rings is 1. The van der Waals surface area contributed by atoms with Crippen LogP contribution in [0.1, 0.15) is 25.3 Å². The molecule has 0 bridgehead atoms. The molecule has 2 N–H and O–H groups in total. The third-order valence-corrected chi connectivity index (χ3v) is 3.73. The molecule has 2 unspecified atom stereocenters. The van der Waals surface area contributed by atoms with Crippen LogP contribution in [0.3, 0.4) is 0 Å². The van der Waals surface area contributed by atoms with Crippen LogP contribution in [0.15, 0.2) is 30.3 Å². The molecule has 1 aromatic rings. The number of nitrogens with two attached hydrogens (primary N) is 1. The van der Waals surface area contributed by atoms with Crippen molar-refractivity contribution < 1.29 is 9.53 Å². The van der Waals surface area contributed by atoms with E-state index in [-0.39, 0.29) is 18.1 Å². The minimum absolute atomic E-state index is 0.0880. The molecule has 20 heavy (non-hydrogen) atoms. The molecular formula is C16H26N2O2. The number of carbonyl (C=O) groups is 1. The molecule has 1 aromatic carbocycles. The van der Waals surface area contributed by atoms with Gasteiger partial charge >= 0.3 is 0 Å². The quantitative estimate of drug-likeness (QED) is 0.789. The topological polar surface area (TPSA) is 55.6 Å². The van der Waals surface area contributed by atoms with Crippen molar-refractivity contribution in [2.45, 2.75) is 38.3 Å². The third kappa shape index (κ3) is 4.94. The normalized spacial score (nSPS) is 13.8. The summed E-state index contributed by atoms with van der Waals surface area (Å²) in [6.07, 6.45) is 1.95. The summed E-state index contributed by atoms with van der Waals surface area (Å²) in [4.78, 5) is 14.1. The van der Waals surface area contributed by atoms with Crippen LogP contribution in [0, 0.1) is 0 Å². The van der Waals surface area contributed by atoms with Crippen LogP contribution in [0.5, 0.6) is 0 Å². The second kappa shape index (κ2) is 8.72. The summed E-state index contributed by atoms with van der Waals surface area (Å²) in [6.45, 7) is 2.47. The van der Waals surface area contributed by atoms with Gasteiger partial charge in [-0.1, -0.05) is 37.3 Å². The van der Waals surface area contributed by atoms with Crippen molar-refractivity contribution in [3.63, 3.8) is 0 Å². The van der Waals surface area contributed by atoms with Crippen LogP contribution in [-0.4, -0.2) is 43.7 Å². The van der Waals surface area contributed by atoms with Gasteiger partial charge in [0.25, 0.3) is 0 Å². The molecule has 2 atom stereocenters. The predicted molar refractivity (Wildman–Crippen MR) is 81.5 cm³/mol. The van der Waals surface area contributed by atoms with Gasteiger partial charge in [-0.25, -0.2) is 0 Å². The van der Waals surface area contributed by atoms with Gasteiger partial charge in [-0.15, -0.1) is 0 Å². The first kappa shape index (κ1) is 16.7. The molecule has 0 aliphatic rings. The number of rotatable bonds is 8. The zero-order chi connectivity index (χ0) is 15.0. The molecule has 0 aliphatic heterocycles. The fourth-order valence-corrected chi connectivity index (χ4v) is 2.25. The van der Waals surface area contributed by atoms with Gasteiger partial charge in [0.15, 0.2) is 0 Å². The van der Waals surface area contributed by atoms with Gasteiger partial charge in [0, 0.05) is 26.7 Å². The van der Waals surface area contributed by atoms with Crippen molar-refractivity contribution in [3.8, 4) is 0 Å². The number of nitrogens with zero attached hydrogens (tertiary/aromatic N) is 1. The second-order valence-electron chi connectivity index (χ2n) is 5.05. The zero-order valence-corrected chi connectivity index (χ0v) is 12.7. The van der Waals surface area contributed by atoms with E-state index in [0.717, 1.165) is 12.8 Å². The van der Waals surface area contributed by atoms with E-state index in [1.807, 2.05) is 30.1 Å². The fraction of sp³-hybridized carbons (Fsp3) is 0.562. The second-order valence-corrected chi connectivity index (χ2v) is 5.05. The maximum Gasteiger partial charge on any atom is 0.225 e. The number of likely N-dealkylation sites (N-methyl/N-ethyl adjacent to an activating group) is 1. The SMILES string of the molecule is CCC(Cc1ccccc1)N(C)C(=O)CC(CN)OC. The third-order valence-electron chi connectivity index (χ3n) is 3.73. The van der Waals surface area contributed by atoms with E-state index < -0.39 is 0 Å². The Balaban J connectivity index is 2.62. The Kier molecular flexibility index (Phi) is 7.26. The number of ether oxygens (including phenoxy) is 1. The molecule has 0 saturated heterocycles. The Morgan fingerprint density at radius 2 is 2.00 bits per heavy atom.